The van der Waals surface area contributed by atoms with Crippen LogP contribution in [0.25, 0.3) is 11.9 Å². The first-order valence-electron chi connectivity index (χ1n) is 14.4. The summed E-state index contributed by atoms with van der Waals surface area (Å²) in [6.45, 7) is 8.84. The molecule has 1 aliphatic carbocycles. The Morgan fingerprint density at radius 2 is 1.98 bits per heavy atom. The number of benzene rings is 1. The highest BCUT2D eigenvalue weighted by molar-refractivity contribution is 7.89. The van der Waals surface area contributed by atoms with Crippen molar-refractivity contribution < 1.29 is 36.2 Å². The third-order valence-electron chi connectivity index (χ3n) is 7.42. The minimum atomic E-state index is -4.08. The Morgan fingerprint density at radius 3 is 2.61 bits per heavy atom. The Morgan fingerprint density at radius 1 is 1.23 bits per heavy atom. The van der Waals surface area contributed by atoms with E-state index in [1.807, 2.05) is 0 Å². The van der Waals surface area contributed by atoms with Crippen molar-refractivity contribution in [1.82, 2.24) is 19.6 Å². The Kier molecular flexibility index (Phi) is 10.4. The molecule has 4 rings (SSSR count). The molecule has 1 fully saturated rings. The average molecular weight is 652 g/mol. The molecule has 1 aliphatic heterocycles. The molecule has 2 aromatic rings. The summed E-state index contributed by atoms with van der Waals surface area (Å²) in [4.78, 5) is 24.9. The van der Waals surface area contributed by atoms with Crippen molar-refractivity contribution >= 4 is 42.1 Å². The number of amidine groups is 1. The number of sulfonamides is 1. The third-order valence-corrected chi connectivity index (χ3v) is 11.0. The number of ether oxygens (including phenoxy) is 3. The van der Waals surface area contributed by atoms with Crippen molar-refractivity contribution in [1.29, 1.82) is 0 Å². The number of hydrogen-bond donors (Lipinski definition) is 1. The number of amides is 1. The predicted molar refractivity (Wildman–Crippen MR) is 165 cm³/mol. The van der Waals surface area contributed by atoms with Crippen LogP contribution >= 0.6 is 0 Å². The number of nitrogens with zero attached hydrogens (tertiary/aromatic N) is 4. The van der Waals surface area contributed by atoms with E-state index in [0.717, 1.165) is 35.3 Å². The van der Waals surface area contributed by atoms with Crippen LogP contribution in [0.1, 0.15) is 43.0 Å². The van der Waals surface area contributed by atoms with Gasteiger partial charge in [0.25, 0.3) is 0 Å². The van der Waals surface area contributed by atoms with Crippen LogP contribution in [-0.4, -0.2) is 75.6 Å². The molecule has 1 amide bonds. The van der Waals surface area contributed by atoms with Gasteiger partial charge in [-0.25, -0.2) is 41.3 Å². The van der Waals surface area contributed by atoms with E-state index >= 15 is 8.78 Å². The van der Waals surface area contributed by atoms with Gasteiger partial charge in [-0.2, -0.15) is 0 Å². The molecule has 1 unspecified atom stereocenters. The van der Waals surface area contributed by atoms with Crippen molar-refractivity contribution in [3.8, 4) is 5.88 Å². The molecule has 1 saturated carbocycles. The highest BCUT2D eigenvalue weighted by atomic mass is 32.2. The van der Waals surface area contributed by atoms with E-state index in [2.05, 4.69) is 39.9 Å². The van der Waals surface area contributed by atoms with Crippen LogP contribution in [-0.2, 0) is 25.0 Å². The molecule has 1 aromatic heterocycles. The van der Waals surface area contributed by atoms with E-state index in [4.69, 9.17) is 14.2 Å². The lowest BCUT2D eigenvalue weighted by Gasteiger charge is -2.35. The van der Waals surface area contributed by atoms with Crippen LogP contribution in [0.3, 0.4) is 0 Å². The second-order valence-corrected chi connectivity index (χ2v) is 20.0. The van der Waals surface area contributed by atoms with Crippen molar-refractivity contribution in [2.75, 3.05) is 32.7 Å². The molecule has 11 nitrogen and oxygen atoms in total. The molecule has 44 heavy (non-hydrogen) atoms. The zero-order valence-electron chi connectivity index (χ0n) is 25.6. The predicted octanol–water partition coefficient (Wildman–Crippen LogP) is 5.15. The molecule has 1 atom stereocenters. The number of aromatic nitrogens is 2. The van der Waals surface area contributed by atoms with Gasteiger partial charge in [-0.05, 0) is 55.5 Å². The van der Waals surface area contributed by atoms with Crippen LogP contribution in [0.2, 0.25) is 25.7 Å². The van der Waals surface area contributed by atoms with Crippen molar-refractivity contribution in [3.05, 3.63) is 53.2 Å². The lowest BCUT2D eigenvalue weighted by Crippen LogP contribution is -2.49. The molecule has 2 heterocycles. The first kappa shape index (κ1) is 33.5. The molecule has 1 N–H and O–H groups in total. The van der Waals surface area contributed by atoms with Gasteiger partial charge >= 0.3 is 12.1 Å². The standard InChI is InChI=1S/C29H39F2N5O6SSi/c1-29(18-43(38,39)36(2)27(35-29)42-28(37)34-19-40-11-12-44(3,4)5)22-13-21(9-10-23(22)30)14-24(31)25-15-33-26(16-32-25)41-17-20-7-6-8-20/h9-10,13-16,20H,6-8,11-12,17-19H2,1-5H3,(H,34,37). The van der Waals surface area contributed by atoms with Crippen molar-refractivity contribution in [2.24, 2.45) is 10.9 Å². The van der Waals surface area contributed by atoms with E-state index < -0.39 is 53.1 Å². The molecule has 15 heteroatoms. The molecule has 0 radical (unpaired) electrons. The lowest BCUT2D eigenvalue weighted by atomic mass is 9.86. The maximum Gasteiger partial charge on any atom is 0.416 e. The summed E-state index contributed by atoms with van der Waals surface area (Å²) in [7, 11) is -4.21. The van der Waals surface area contributed by atoms with E-state index in [-0.39, 0.29) is 23.6 Å². The van der Waals surface area contributed by atoms with E-state index in [1.165, 1.54) is 44.9 Å². The second-order valence-electron chi connectivity index (χ2n) is 12.4. The van der Waals surface area contributed by atoms with Gasteiger partial charge in [0.1, 0.15) is 23.8 Å². The summed E-state index contributed by atoms with van der Waals surface area (Å²) in [6.07, 6.45) is 6.16. The third kappa shape index (κ3) is 8.82. The fraction of sp³-hybridized carbons (Fsp3) is 0.517. The fourth-order valence-electron chi connectivity index (χ4n) is 4.43. The SMILES string of the molecule is CN1C(OC(=O)NCOCC[Si](C)(C)C)=NC(C)(c2cc(C=C(F)c3cnc(OCC4CCC4)cn3)ccc2F)CS1(=O)=O. The molecular formula is C29H39F2N5O6SSi. The minimum absolute atomic E-state index is 0.0517. The molecule has 0 spiro atoms. The number of hydrogen-bond acceptors (Lipinski definition) is 9. The summed E-state index contributed by atoms with van der Waals surface area (Å²) in [5.41, 5.74) is -1.64. The zero-order valence-corrected chi connectivity index (χ0v) is 27.4. The highest BCUT2D eigenvalue weighted by Gasteiger charge is 2.44. The molecule has 2 aliphatic rings. The maximum atomic E-state index is 15.2. The summed E-state index contributed by atoms with van der Waals surface area (Å²) in [5, 5.41) is 2.40. The number of aliphatic imine (C=N–C) groups is 1. The monoisotopic (exact) mass is 651 g/mol. The van der Waals surface area contributed by atoms with Gasteiger partial charge in [-0.3, -0.25) is 5.32 Å². The van der Waals surface area contributed by atoms with E-state index in [9.17, 15) is 13.2 Å². The smallest absolute Gasteiger partial charge is 0.416 e. The van der Waals surface area contributed by atoms with Gasteiger partial charge < -0.3 is 14.2 Å². The van der Waals surface area contributed by atoms with Gasteiger partial charge in [0.05, 0.1) is 24.8 Å². The Labute approximate surface area is 257 Å². The number of alkyl carbamates (subject to hydrolysis) is 1. The second kappa shape index (κ2) is 13.7. The van der Waals surface area contributed by atoms with Crippen LogP contribution in [0.15, 0.2) is 35.6 Å². The van der Waals surface area contributed by atoms with Crippen LogP contribution in [0, 0.1) is 11.7 Å². The summed E-state index contributed by atoms with van der Waals surface area (Å²) in [6, 6.07) is 4.08. The number of carbonyl (C=O) groups is 1. The Hall–Kier alpha value is -3.43. The topological polar surface area (TPSA) is 132 Å². The van der Waals surface area contributed by atoms with Crippen LogP contribution in [0.5, 0.6) is 5.88 Å². The maximum absolute atomic E-state index is 15.2. The molecule has 0 bridgehead atoms. The van der Waals surface area contributed by atoms with Crippen LogP contribution in [0.4, 0.5) is 13.6 Å². The van der Waals surface area contributed by atoms with E-state index in [1.54, 1.807) is 0 Å². The van der Waals surface area contributed by atoms with Gasteiger partial charge in [0, 0.05) is 27.3 Å². The first-order valence-corrected chi connectivity index (χ1v) is 19.7. The summed E-state index contributed by atoms with van der Waals surface area (Å²) >= 11 is 0. The summed E-state index contributed by atoms with van der Waals surface area (Å²) in [5.74, 6) is -1.31. The lowest BCUT2D eigenvalue weighted by molar-refractivity contribution is 0.118. The molecule has 0 saturated heterocycles. The zero-order chi connectivity index (χ0) is 32.1. The van der Waals surface area contributed by atoms with Crippen LogP contribution < -0.4 is 10.1 Å². The molecule has 240 valence electrons. The highest BCUT2D eigenvalue weighted by Crippen LogP contribution is 2.35. The number of nitrogens with one attached hydrogen (secondary N) is 1. The number of rotatable bonds is 11. The number of halogens is 2. The van der Waals surface area contributed by atoms with Gasteiger partial charge in [-0.15, -0.1) is 0 Å². The Bertz CT molecular complexity index is 1510. The normalized spacial score (nSPS) is 20.5. The molecular weight excluding hydrogens is 612 g/mol. The average Bonchev–Trinajstić information content (AvgIpc) is 2.91. The molecule has 1 aromatic carbocycles. The van der Waals surface area contributed by atoms with Gasteiger partial charge in [0.2, 0.25) is 15.9 Å². The van der Waals surface area contributed by atoms with Gasteiger partial charge in [0.15, 0.2) is 5.83 Å². The Balaban J connectivity index is 1.49. The quantitative estimate of drug-likeness (QED) is 0.201. The van der Waals surface area contributed by atoms with Gasteiger partial charge in [-0.1, -0.05) is 32.1 Å². The van der Waals surface area contributed by atoms with E-state index in [0.29, 0.717) is 25.0 Å². The summed E-state index contributed by atoms with van der Waals surface area (Å²) < 4.78 is 73.3. The van der Waals surface area contributed by atoms with Crippen molar-refractivity contribution in [3.63, 3.8) is 0 Å². The largest absolute Gasteiger partial charge is 0.476 e. The fourth-order valence-corrected chi connectivity index (χ4v) is 6.63. The van der Waals surface area contributed by atoms with Crippen molar-refractivity contribution in [2.45, 2.75) is 57.4 Å². The first-order chi connectivity index (χ1) is 20.6. The minimum Gasteiger partial charge on any atom is -0.476 e. The number of carbonyl (C=O) groups excluding carboxylic acids is 1.